The number of nitrogens with zero attached hydrogens (tertiary/aromatic N) is 4. The predicted molar refractivity (Wildman–Crippen MR) is 76.1 cm³/mol. The quantitative estimate of drug-likeness (QED) is 0.622. The van der Waals surface area contributed by atoms with Gasteiger partial charge in [-0.1, -0.05) is 30.8 Å². The first-order valence-electron chi connectivity index (χ1n) is 6.43. The molecule has 20 heavy (non-hydrogen) atoms. The highest BCUT2D eigenvalue weighted by Gasteiger charge is 2.09. The summed E-state index contributed by atoms with van der Waals surface area (Å²) in [5, 5.41) is 20.9. The van der Waals surface area contributed by atoms with Crippen LogP contribution in [0.3, 0.4) is 0 Å². The van der Waals surface area contributed by atoms with E-state index in [0.717, 1.165) is 12.1 Å². The monoisotopic (exact) mass is 292 g/mol. The second-order valence-corrected chi connectivity index (χ2v) is 5.30. The van der Waals surface area contributed by atoms with E-state index in [1.807, 2.05) is 12.1 Å². The highest BCUT2D eigenvalue weighted by Crippen LogP contribution is 2.19. The number of aromatic nitrogens is 4. The molecule has 0 unspecified atom stereocenters. The number of tetrazole rings is 1. The molecule has 0 radical (unpaired) electrons. The van der Waals surface area contributed by atoms with Crippen LogP contribution in [0.4, 0.5) is 0 Å². The third kappa shape index (κ3) is 3.80. The van der Waals surface area contributed by atoms with Crippen molar-refractivity contribution in [1.29, 1.82) is 0 Å². The van der Waals surface area contributed by atoms with E-state index in [4.69, 9.17) is 5.11 Å². The molecule has 1 heterocycles. The maximum absolute atomic E-state index is 10.5. The topological polar surface area (TPSA) is 80.9 Å². The lowest BCUT2D eigenvalue weighted by Crippen LogP contribution is -2.00. The zero-order chi connectivity index (χ0) is 14.4. The lowest BCUT2D eigenvalue weighted by molar-refractivity contribution is -0.137. The molecule has 7 heteroatoms. The van der Waals surface area contributed by atoms with E-state index in [-0.39, 0.29) is 6.42 Å². The van der Waals surface area contributed by atoms with Crippen LogP contribution in [0.15, 0.2) is 29.4 Å². The normalized spacial score (nSPS) is 10.7. The first kappa shape index (κ1) is 14.5. The van der Waals surface area contributed by atoms with E-state index in [9.17, 15) is 4.79 Å². The smallest absolute Gasteiger partial charge is 0.303 e. The van der Waals surface area contributed by atoms with E-state index in [1.165, 1.54) is 17.3 Å². The Morgan fingerprint density at radius 3 is 2.75 bits per heavy atom. The Kier molecular flexibility index (Phi) is 5.11. The van der Waals surface area contributed by atoms with Gasteiger partial charge in [-0.15, -0.1) is 5.10 Å². The summed E-state index contributed by atoms with van der Waals surface area (Å²) >= 11 is 1.46. The van der Waals surface area contributed by atoms with E-state index in [2.05, 4.69) is 34.6 Å². The van der Waals surface area contributed by atoms with E-state index in [0.29, 0.717) is 17.3 Å². The van der Waals surface area contributed by atoms with Crippen LogP contribution in [0.5, 0.6) is 0 Å². The number of carboxylic acid groups (broad SMARTS) is 1. The Hall–Kier alpha value is -1.89. The second-order valence-electron chi connectivity index (χ2n) is 4.24. The van der Waals surface area contributed by atoms with Gasteiger partial charge in [-0.25, -0.2) is 0 Å². The van der Waals surface area contributed by atoms with Crippen LogP contribution in [-0.2, 0) is 11.2 Å². The molecule has 0 spiro atoms. The zero-order valence-corrected chi connectivity index (χ0v) is 12.0. The van der Waals surface area contributed by atoms with Gasteiger partial charge in [0, 0.05) is 12.2 Å². The molecule has 0 bridgehead atoms. The Bertz CT molecular complexity index is 568. The first-order chi connectivity index (χ1) is 9.70. The predicted octanol–water partition coefficient (Wildman–Crippen LogP) is 2.18. The van der Waals surface area contributed by atoms with Crippen molar-refractivity contribution >= 4 is 17.7 Å². The van der Waals surface area contributed by atoms with Crippen LogP contribution in [0.1, 0.15) is 25.3 Å². The van der Waals surface area contributed by atoms with Crippen LogP contribution in [0, 0.1) is 0 Å². The van der Waals surface area contributed by atoms with Crippen LogP contribution >= 0.6 is 11.8 Å². The highest BCUT2D eigenvalue weighted by atomic mass is 32.2. The third-order valence-electron chi connectivity index (χ3n) is 2.80. The summed E-state index contributed by atoms with van der Waals surface area (Å²) in [5.41, 5.74) is 2.17. The number of aryl methyl sites for hydroxylation is 1. The molecule has 0 saturated carbocycles. The van der Waals surface area contributed by atoms with Gasteiger partial charge >= 0.3 is 5.97 Å². The molecule has 6 nitrogen and oxygen atoms in total. The average Bonchev–Trinajstić information content (AvgIpc) is 2.92. The van der Waals surface area contributed by atoms with Crippen molar-refractivity contribution in [2.45, 2.75) is 31.3 Å². The average molecular weight is 292 g/mol. The van der Waals surface area contributed by atoms with Crippen molar-refractivity contribution in [3.05, 3.63) is 29.8 Å². The number of rotatable bonds is 7. The second kappa shape index (κ2) is 7.04. The molecule has 2 aromatic rings. The van der Waals surface area contributed by atoms with Gasteiger partial charge in [0.2, 0.25) is 5.16 Å². The molecular weight excluding hydrogens is 276 g/mol. The van der Waals surface area contributed by atoms with Crippen molar-refractivity contribution in [2.75, 3.05) is 5.75 Å². The SMILES string of the molecule is CCc1ccc(-n2nnnc2SCCCC(=O)O)cc1. The Balaban J connectivity index is 2.01. The van der Waals surface area contributed by atoms with Crippen LogP contribution in [0.25, 0.3) is 5.69 Å². The van der Waals surface area contributed by atoms with Crippen LogP contribution < -0.4 is 0 Å². The summed E-state index contributed by atoms with van der Waals surface area (Å²) in [6.45, 7) is 2.11. The van der Waals surface area contributed by atoms with E-state index < -0.39 is 5.97 Å². The summed E-state index contributed by atoms with van der Waals surface area (Å²) in [4.78, 5) is 10.5. The Morgan fingerprint density at radius 1 is 1.35 bits per heavy atom. The number of hydrogen-bond donors (Lipinski definition) is 1. The largest absolute Gasteiger partial charge is 0.481 e. The molecular formula is C13H16N4O2S. The van der Waals surface area contributed by atoms with Crippen molar-refractivity contribution in [1.82, 2.24) is 20.2 Å². The minimum Gasteiger partial charge on any atom is -0.481 e. The van der Waals surface area contributed by atoms with Crippen molar-refractivity contribution in [3.63, 3.8) is 0 Å². The van der Waals surface area contributed by atoms with Gasteiger partial charge in [-0.3, -0.25) is 4.79 Å². The van der Waals surface area contributed by atoms with Crippen LogP contribution in [-0.4, -0.2) is 37.0 Å². The first-order valence-corrected chi connectivity index (χ1v) is 7.41. The van der Waals surface area contributed by atoms with Gasteiger partial charge < -0.3 is 5.11 Å². The fourth-order valence-corrected chi connectivity index (χ4v) is 2.52. The van der Waals surface area contributed by atoms with Crippen LogP contribution in [0.2, 0.25) is 0 Å². The molecule has 0 aliphatic rings. The summed E-state index contributed by atoms with van der Waals surface area (Å²) in [6.07, 6.45) is 1.76. The maximum atomic E-state index is 10.5. The van der Waals surface area contributed by atoms with Crippen molar-refractivity contribution in [2.24, 2.45) is 0 Å². The van der Waals surface area contributed by atoms with Gasteiger partial charge in [0.25, 0.3) is 0 Å². The fourth-order valence-electron chi connectivity index (χ4n) is 1.69. The summed E-state index contributed by atoms with van der Waals surface area (Å²) in [7, 11) is 0. The van der Waals surface area contributed by atoms with Gasteiger partial charge in [-0.2, -0.15) is 4.68 Å². The van der Waals surface area contributed by atoms with Gasteiger partial charge in [0.15, 0.2) is 0 Å². The number of thioether (sulfide) groups is 1. The summed E-state index contributed by atoms with van der Waals surface area (Å²) in [5.74, 6) is -0.0972. The fraction of sp³-hybridized carbons (Fsp3) is 0.385. The zero-order valence-electron chi connectivity index (χ0n) is 11.2. The molecule has 0 aliphatic heterocycles. The van der Waals surface area contributed by atoms with Gasteiger partial charge in [0.1, 0.15) is 0 Å². The summed E-state index contributed by atoms with van der Waals surface area (Å²) < 4.78 is 1.67. The standard InChI is InChI=1S/C13H16N4O2S/c1-2-10-5-7-11(8-6-10)17-13(14-15-16-17)20-9-3-4-12(18)19/h5-8H,2-4,9H2,1H3,(H,18,19). The minimum atomic E-state index is -0.777. The molecule has 1 N–H and O–H groups in total. The molecule has 1 aromatic carbocycles. The Morgan fingerprint density at radius 2 is 2.10 bits per heavy atom. The molecule has 0 aliphatic carbocycles. The molecule has 0 saturated heterocycles. The number of carboxylic acids is 1. The lowest BCUT2D eigenvalue weighted by atomic mass is 10.1. The van der Waals surface area contributed by atoms with Gasteiger partial charge in [0.05, 0.1) is 5.69 Å². The number of carbonyl (C=O) groups is 1. The van der Waals surface area contributed by atoms with E-state index >= 15 is 0 Å². The van der Waals surface area contributed by atoms with Gasteiger partial charge in [-0.05, 0) is 41.0 Å². The maximum Gasteiger partial charge on any atom is 0.303 e. The number of aliphatic carboxylic acids is 1. The lowest BCUT2D eigenvalue weighted by Gasteiger charge is -2.04. The highest BCUT2D eigenvalue weighted by molar-refractivity contribution is 7.99. The number of hydrogen-bond acceptors (Lipinski definition) is 5. The van der Waals surface area contributed by atoms with Crippen molar-refractivity contribution in [3.8, 4) is 5.69 Å². The number of benzene rings is 1. The Labute approximate surface area is 121 Å². The molecule has 106 valence electrons. The summed E-state index contributed by atoms with van der Waals surface area (Å²) in [6, 6.07) is 8.07. The van der Waals surface area contributed by atoms with E-state index in [1.54, 1.807) is 4.68 Å². The van der Waals surface area contributed by atoms with Crippen molar-refractivity contribution < 1.29 is 9.90 Å². The molecule has 0 fully saturated rings. The molecule has 2 rings (SSSR count). The molecule has 0 atom stereocenters. The minimum absolute atomic E-state index is 0.166. The molecule has 1 aromatic heterocycles. The third-order valence-corrected chi connectivity index (χ3v) is 3.80. The molecule has 0 amide bonds.